The van der Waals surface area contributed by atoms with Crippen LogP contribution in [0.2, 0.25) is 0 Å². The number of quaternary nitrogens is 1. The summed E-state index contributed by atoms with van der Waals surface area (Å²) in [4.78, 5) is 16.2. The molecule has 0 bridgehead atoms. The molecule has 1 amide bonds. The summed E-state index contributed by atoms with van der Waals surface area (Å²) in [6.07, 6.45) is 1.18. The number of piperazine rings is 1. The minimum Gasteiger partial charge on any atom is -0.497 e. The van der Waals surface area contributed by atoms with E-state index in [-0.39, 0.29) is 5.91 Å². The maximum atomic E-state index is 12.7. The van der Waals surface area contributed by atoms with Crippen molar-refractivity contribution < 1.29 is 19.2 Å². The summed E-state index contributed by atoms with van der Waals surface area (Å²) in [5.74, 6) is 1.35. The van der Waals surface area contributed by atoms with Crippen LogP contribution in [-0.4, -0.2) is 57.2 Å². The molecule has 122 valence electrons. The third-order valence-electron chi connectivity index (χ3n) is 4.60. The number of ether oxygens (including phenoxy) is 2. The lowest BCUT2D eigenvalue weighted by atomic mass is 10.1. The summed E-state index contributed by atoms with van der Waals surface area (Å²) in [5.41, 5.74) is 0.628. The summed E-state index contributed by atoms with van der Waals surface area (Å²) < 4.78 is 10.5. The van der Waals surface area contributed by atoms with Crippen LogP contribution in [0, 0.1) is 0 Å². The Morgan fingerprint density at radius 2 is 1.73 bits per heavy atom. The quantitative estimate of drug-likeness (QED) is 0.877. The first-order valence-electron chi connectivity index (χ1n) is 7.96. The molecule has 2 rings (SSSR count). The molecule has 1 aliphatic rings. The molecule has 1 fully saturated rings. The maximum absolute atomic E-state index is 12.7. The summed E-state index contributed by atoms with van der Waals surface area (Å²) in [7, 11) is 3.19. The Balaban J connectivity index is 2.06. The smallest absolute Gasteiger partial charge is 0.254 e. The van der Waals surface area contributed by atoms with Gasteiger partial charge in [0, 0.05) is 11.6 Å². The number of nitrogens with one attached hydrogen (secondary N) is 1. The van der Waals surface area contributed by atoms with E-state index in [0.717, 1.165) is 26.2 Å². The van der Waals surface area contributed by atoms with E-state index >= 15 is 0 Å². The van der Waals surface area contributed by atoms with Crippen molar-refractivity contribution in [2.24, 2.45) is 0 Å². The van der Waals surface area contributed by atoms with Gasteiger partial charge in [0.15, 0.2) is 0 Å². The van der Waals surface area contributed by atoms with E-state index in [1.807, 2.05) is 4.90 Å². The van der Waals surface area contributed by atoms with Gasteiger partial charge in [0.25, 0.3) is 5.91 Å². The van der Waals surface area contributed by atoms with Crippen LogP contribution in [0.15, 0.2) is 18.2 Å². The monoisotopic (exact) mass is 307 g/mol. The van der Waals surface area contributed by atoms with Gasteiger partial charge in [-0.25, -0.2) is 0 Å². The Bertz CT molecular complexity index is 488. The van der Waals surface area contributed by atoms with Gasteiger partial charge in [-0.05, 0) is 25.5 Å². The lowest BCUT2D eigenvalue weighted by Gasteiger charge is -2.35. The topological polar surface area (TPSA) is 43.2 Å². The number of amides is 1. The molecule has 0 saturated carbocycles. The van der Waals surface area contributed by atoms with Crippen LogP contribution in [0.3, 0.4) is 0 Å². The molecule has 5 heteroatoms. The number of carbonyl (C=O) groups excluding carboxylic acids is 1. The average Bonchev–Trinajstić information content (AvgIpc) is 2.59. The van der Waals surface area contributed by atoms with Gasteiger partial charge in [-0.2, -0.15) is 0 Å². The van der Waals surface area contributed by atoms with Crippen LogP contribution >= 0.6 is 0 Å². The Hall–Kier alpha value is -1.75. The SMILES string of the molecule is CC[C@H](C)[NH+]1CCN(C(=O)c2cc(OC)cc(OC)c2)CC1. The first-order chi connectivity index (χ1) is 10.6. The average molecular weight is 307 g/mol. The van der Waals surface area contributed by atoms with Crippen molar-refractivity contribution in [1.82, 2.24) is 4.90 Å². The Morgan fingerprint density at radius 1 is 1.18 bits per heavy atom. The Labute approximate surface area is 132 Å². The van der Waals surface area contributed by atoms with E-state index in [2.05, 4.69) is 13.8 Å². The predicted molar refractivity (Wildman–Crippen MR) is 85.9 cm³/mol. The lowest BCUT2D eigenvalue weighted by molar-refractivity contribution is -0.927. The second kappa shape index (κ2) is 7.49. The number of rotatable bonds is 5. The van der Waals surface area contributed by atoms with Crippen LogP contribution in [0.1, 0.15) is 30.6 Å². The number of nitrogens with zero attached hydrogens (tertiary/aromatic N) is 1. The van der Waals surface area contributed by atoms with Crippen LogP contribution in [0.4, 0.5) is 0 Å². The number of carbonyl (C=O) groups is 1. The highest BCUT2D eigenvalue weighted by Gasteiger charge is 2.27. The van der Waals surface area contributed by atoms with Gasteiger partial charge in [0.2, 0.25) is 0 Å². The molecule has 1 aromatic carbocycles. The van der Waals surface area contributed by atoms with Gasteiger partial charge in [0.1, 0.15) is 11.5 Å². The second-order valence-electron chi connectivity index (χ2n) is 5.86. The number of benzene rings is 1. The third kappa shape index (κ3) is 3.71. The minimum atomic E-state index is 0.0559. The summed E-state index contributed by atoms with van der Waals surface area (Å²) >= 11 is 0. The van der Waals surface area contributed by atoms with Crippen LogP contribution < -0.4 is 14.4 Å². The Morgan fingerprint density at radius 3 is 2.18 bits per heavy atom. The summed E-state index contributed by atoms with van der Waals surface area (Å²) in [6, 6.07) is 5.99. The number of hydrogen-bond donors (Lipinski definition) is 1. The molecule has 0 spiro atoms. The van der Waals surface area contributed by atoms with Crippen molar-refractivity contribution in [2.75, 3.05) is 40.4 Å². The molecule has 1 N–H and O–H groups in total. The fourth-order valence-electron chi connectivity index (χ4n) is 2.89. The third-order valence-corrected chi connectivity index (χ3v) is 4.60. The molecular weight excluding hydrogens is 280 g/mol. The van der Waals surface area contributed by atoms with Crippen LogP contribution in [0.25, 0.3) is 0 Å². The maximum Gasteiger partial charge on any atom is 0.254 e. The van der Waals surface area contributed by atoms with E-state index in [9.17, 15) is 4.79 Å². The van der Waals surface area contributed by atoms with E-state index < -0.39 is 0 Å². The predicted octanol–water partition coefficient (Wildman–Crippen LogP) is 0.843. The molecule has 0 aromatic heterocycles. The minimum absolute atomic E-state index is 0.0559. The molecule has 1 saturated heterocycles. The first kappa shape index (κ1) is 16.6. The van der Waals surface area contributed by atoms with Crippen molar-refractivity contribution in [3.63, 3.8) is 0 Å². The van der Waals surface area contributed by atoms with Crippen LogP contribution in [-0.2, 0) is 0 Å². The fraction of sp³-hybridized carbons (Fsp3) is 0.588. The van der Waals surface area contributed by atoms with E-state index in [0.29, 0.717) is 23.1 Å². The van der Waals surface area contributed by atoms with Gasteiger partial charge in [-0.1, -0.05) is 6.92 Å². The highest BCUT2D eigenvalue weighted by Crippen LogP contribution is 2.23. The largest absolute Gasteiger partial charge is 0.497 e. The zero-order chi connectivity index (χ0) is 16.1. The van der Waals surface area contributed by atoms with E-state index in [4.69, 9.17) is 9.47 Å². The highest BCUT2D eigenvalue weighted by atomic mass is 16.5. The van der Waals surface area contributed by atoms with Gasteiger partial charge in [0.05, 0.1) is 46.4 Å². The molecule has 5 nitrogen and oxygen atoms in total. The highest BCUT2D eigenvalue weighted by molar-refractivity contribution is 5.95. The molecule has 1 heterocycles. The van der Waals surface area contributed by atoms with Gasteiger partial charge in [-0.3, -0.25) is 4.79 Å². The van der Waals surface area contributed by atoms with Gasteiger partial charge < -0.3 is 19.3 Å². The van der Waals surface area contributed by atoms with Gasteiger partial charge >= 0.3 is 0 Å². The lowest BCUT2D eigenvalue weighted by Crippen LogP contribution is -3.17. The van der Waals surface area contributed by atoms with Crippen molar-refractivity contribution in [3.8, 4) is 11.5 Å². The number of hydrogen-bond acceptors (Lipinski definition) is 3. The van der Waals surface area contributed by atoms with Gasteiger partial charge in [-0.15, -0.1) is 0 Å². The molecule has 1 aliphatic heterocycles. The van der Waals surface area contributed by atoms with Crippen molar-refractivity contribution in [2.45, 2.75) is 26.3 Å². The zero-order valence-electron chi connectivity index (χ0n) is 14.0. The molecule has 1 aromatic rings. The zero-order valence-corrected chi connectivity index (χ0v) is 14.0. The molecule has 0 unspecified atom stereocenters. The second-order valence-corrected chi connectivity index (χ2v) is 5.86. The molecule has 1 atom stereocenters. The standard InChI is InChI=1S/C17H26N2O3/c1-5-13(2)18-6-8-19(9-7-18)17(20)14-10-15(21-3)12-16(11-14)22-4/h10-13H,5-9H2,1-4H3/p+1/t13-/m0/s1. The van der Waals surface area contributed by atoms with E-state index in [1.165, 1.54) is 6.42 Å². The number of methoxy groups -OCH3 is 2. The molecule has 0 aliphatic carbocycles. The normalized spacial score (nSPS) is 17.2. The first-order valence-corrected chi connectivity index (χ1v) is 7.96. The fourth-order valence-corrected chi connectivity index (χ4v) is 2.89. The van der Waals surface area contributed by atoms with Crippen molar-refractivity contribution >= 4 is 5.91 Å². The summed E-state index contributed by atoms with van der Waals surface area (Å²) in [5, 5.41) is 0. The van der Waals surface area contributed by atoms with E-state index in [1.54, 1.807) is 37.3 Å². The van der Waals surface area contributed by atoms with Crippen molar-refractivity contribution in [3.05, 3.63) is 23.8 Å². The molecule has 0 radical (unpaired) electrons. The molecular formula is C17H27N2O3+. The Kier molecular flexibility index (Phi) is 5.66. The summed E-state index contributed by atoms with van der Waals surface area (Å²) in [6.45, 7) is 8.14. The van der Waals surface area contributed by atoms with Crippen molar-refractivity contribution in [1.29, 1.82) is 0 Å². The molecule has 22 heavy (non-hydrogen) atoms. The van der Waals surface area contributed by atoms with Crippen LogP contribution in [0.5, 0.6) is 11.5 Å².